The van der Waals surface area contributed by atoms with Crippen molar-refractivity contribution in [1.29, 1.82) is 0 Å². The molecule has 0 aliphatic carbocycles. The summed E-state index contributed by atoms with van der Waals surface area (Å²) in [5.74, 6) is -0.627. The number of amides is 2. The van der Waals surface area contributed by atoms with Crippen LogP contribution in [0, 0.1) is 0 Å². The summed E-state index contributed by atoms with van der Waals surface area (Å²) in [6.45, 7) is 0.568. The molecule has 1 atom stereocenters. The van der Waals surface area contributed by atoms with Gasteiger partial charge in [0.2, 0.25) is 5.91 Å². The fraction of sp³-hybridized carbons (Fsp3) is 0.417. The lowest BCUT2D eigenvalue weighted by atomic mass is 10.0. The van der Waals surface area contributed by atoms with Crippen molar-refractivity contribution in [3.8, 4) is 0 Å². The zero-order chi connectivity index (χ0) is 13.1. The number of carbonyl (C=O) groups is 2. The van der Waals surface area contributed by atoms with Crippen molar-refractivity contribution < 1.29 is 9.59 Å². The Bertz CT molecular complexity index is 478. The van der Waals surface area contributed by atoms with Crippen molar-refractivity contribution in [2.24, 2.45) is 5.73 Å². The Morgan fingerprint density at radius 1 is 1.39 bits per heavy atom. The second-order valence-electron chi connectivity index (χ2n) is 4.30. The standard InChI is InChI=1S/C12H14BrN3O2/c13-9-5-8(6-15-7-9)12(18)16-4-2-1-3-10(16)11(14)17/h5-7,10H,1-4H2,(H2,14,17). The van der Waals surface area contributed by atoms with E-state index in [1.807, 2.05) is 0 Å². The van der Waals surface area contributed by atoms with Crippen LogP contribution in [-0.2, 0) is 4.79 Å². The van der Waals surface area contributed by atoms with Gasteiger partial charge in [-0.25, -0.2) is 0 Å². The molecular formula is C12H14BrN3O2. The number of nitrogens with two attached hydrogens (primary N) is 1. The summed E-state index contributed by atoms with van der Waals surface area (Å²) in [7, 11) is 0. The lowest BCUT2D eigenvalue weighted by Crippen LogP contribution is -2.50. The first-order valence-electron chi connectivity index (χ1n) is 5.80. The van der Waals surface area contributed by atoms with Crippen LogP contribution in [0.15, 0.2) is 22.9 Å². The van der Waals surface area contributed by atoms with E-state index in [9.17, 15) is 9.59 Å². The molecule has 0 radical (unpaired) electrons. The molecular weight excluding hydrogens is 298 g/mol. The molecule has 6 heteroatoms. The minimum atomic E-state index is -0.495. The Kier molecular flexibility index (Phi) is 3.96. The van der Waals surface area contributed by atoms with Crippen molar-refractivity contribution in [2.75, 3.05) is 6.54 Å². The molecule has 0 aromatic carbocycles. The molecule has 1 fully saturated rings. The number of rotatable bonds is 2. The fourth-order valence-electron chi connectivity index (χ4n) is 2.17. The lowest BCUT2D eigenvalue weighted by Gasteiger charge is -2.33. The van der Waals surface area contributed by atoms with E-state index < -0.39 is 11.9 Å². The summed E-state index contributed by atoms with van der Waals surface area (Å²) in [5, 5.41) is 0. The first-order chi connectivity index (χ1) is 8.59. The van der Waals surface area contributed by atoms with Crippen molar-refractivity contribution in [2.45, 2.75) is 25.3 Å². The van der Waals surface area contributed by atoms with Crippen molar-refractivity contribution in [3.05, 3.63) is 28.5 Å². The smallest absolute Gasteiger partial charge is 0.256 e. The molecule has 1 aliphatic heterocycles. The predicted octanol–water partition coefficient (Wildman–Crippen LogP) is 1.32. The average Bonchev–Trinajstić information content (AvgIpc) is 2.38. The van der Waals surface area contributed by atoms with Crippen LogP contribution in [0.4, 0.5) is 0 Å². The molecule has 2 rings (SSSR count). The van der Waals surface area contributed by atoms with Crippen LogP contribution in [0.1, 0.15) is 29.6 Å². The van der Waals surface area contributed by atoms with E-state index in [1.54, 1.807) is 17.2 Å². The number of primary amides is 1. The molecule has 0 bridgehead atoms. The first-order valence-corrected chi connectivity index (χ1v) is 6.59. The van der Waals surface area contributed by atoms with Gasteiger partial charge in [0.05, 0.1) is 5.56 Å². The molecule has 96 valence electrons. The topological polar surface area (TPSA) is 76.3 Å². The molecule has 0 saturated carbocycles. The van der Waals surface area contributed by atoms with Crippen molar-refractivity contribution >= 4 is 27.7 Å². The predicted molar refractivity (Wildman–Crippen MR) is 69.8 cm³/mol. The number of piperidine rings is 1. The maximum absolute atomic E-state index is 12.3. The molecule has 18 heavy (non-hydrogen) atoms. The zero-order valence-corrected chi connectivity index (χ0v) is 11.4. The van der Waals surface area contributed by atoms with Crippen LogP contribution in [0.3, 0.4) is 0 Å². The van der Waals surface area contributed by atoms with Gasteiger partial charge in [0, 0.05) is 23.4 Å². The van der Waals surface area contributed by atoms with Gasteiger partial charge >= 0.3 is 0 Å². The van der Waals surface area contributed by atoms with Crippen LogP contribution >= 0.6 is 15.9 Å². The minimum Gasteiger partial charge on any atom is -0.368 e. The summed E-state index contributed by atoms with van der Waals surface area (Å²) in [5.41, 5.74) is 5.82. The van der Waals surface area contributed by atoms with Crippen LogP contribution in [-0.4, -0.2) is 34.3 Å². The molecule has 2 amide bonds. The van der Waals surface area contributed by atoms with E-state index >= 15 is 0 Å². The third-order valence-corrected chi connectivity index (χ3v) is 3.48. The maximum atomic E-state index is 12.3. The highest BCUT2D eigenvalue weighted by molar-refractivity contribution is 9.10. The Labute approximate surface area is 113 Å². The van der Waals surface area contributed by atoms with Crippen molar-refractivity contribution in [1.82, 2.24) is 9.88 Å². The van der Waals surface area contributed by atoms with E-state index in [-0.39, 0.29) is 5.91 Å². The molecule has 1 saturated heterocycles. The fourth-order valence-corrected chi connectivity index (χ4v) is 2.53. The van der Waals surface area contributed by atoms with Gasteiger partial charge in [0.15, 0.2) is 0 Å². The molecule has 0 spiro atoms. The Morgan fingerprint density at radius 3 is 2.83 bits per heavy atom. The number of carbonyl (C=O) groups excluding carboxylic acids is 2. The molecule has 1 aromatic heterocycles. The number of hydrogen-bond acceptors (Lipinski definition) is 3. The highest BCUT2D eigenvalue weighted by Crippen LogP contribution is 2.20. The normalized spacial score (nSPS) is 19.6. The molecule has 1 aromatic rings. The van der Waals surface area contributed by atoms with E-state index in [4.69, 9.17) is 5.73 Å². The lowest BCUT2D eigenvalue weighted by molar-refractivity contribution is -0.123. The van der Waals surface area contributed by atoms with Gasteiger partial charge in [-0.15, -0.1) is 0 Å². The number of nitrogens with zero attached hydrogens (tertiary/aromatic N) is 2. The number of hydrogen-bond donors (Lipinski definition) is 1. The molecule has 1 unspecified atom stereocenters. The van der Waals surface area contributed by atoms with Gasteiger partial charge in [-0.1, -0.05) is 0 Å². The van der Waals surface area contributed by atoms with Crippen LogP contribution in [0.2, 0.25) is 0 Å². The average molecular weight is 312 g/mol. The number of aromatic nitrogens is 1. The summed E-state index contributed by atoms with van der Waals surface area (Å²) in [6, 6.07) is 1.20. The Balaban J connectivity index is 2.23. The van der Waals surface area contributed by atoms with Crippen molar-refractivity contribution in [3.63, 3.8) is 0 Å². The van der Waals surface area contributed by atoms with Gasteiger partial charge in [-0.05, 0) is 41.3 Å². The summed E-state index contributed by atoms with van der Waals surface area (Å²) >= 11 is 3.27. The van der Waals surface area contributed by atoms with Crippen LogP contribution in [0.25, 0.3) is 0 Å². The van der Waals surface area contributed by atoms with E-state index in [0.717, 1.165) is 17.3 Å². The van der Waals surface area contributed by atoms with E-state index in [2.05, 4.69) is 20.9 Å². The quantitative estimate of drug-likeness (QED) is 0.895. The first kappa shape index (κ1) is 13.0. The number of pyridine rings is 1. The third-order valence-electron chi connectivity index (χ3n) is 3.04. The van der Waals surface area contributed by atoms with Gasteiger partial charge in [0.1, 0.15) is 6.04 Å². The Morgan fingerprint density at radius 2 is 2.17 bits per heavy atom. The van der Waals surface area contributed by atoms with Gasteiger partial charge in [-0.2, -0.15) is 0 Å². The molecule has 2 heterocycles. The summed E-state index contributed by atoms with van der Waals surface area (Å²) in [6.07, 6.45) is 5.58. The number of likely N-dealkylation sites (tertiary alicyclic amines) is 1. The van der Waals surface area contributed by atoms with Crippen LogP contribution < -0.4 is 5.73 Å². The highest BCUT2D eigenvalue weighted by Gasteiger charge is 2.31. The van der Waals surface area contributed by atoms with Gasteiger partial charge in [-0.3, -0.25) is 14.6 Å². The zero-order valence-electron chi connectivity index (χ0n) is 9.80. The van der Waals surface area contributed by atoms with Gasteiger partial charge in [0.25, 0.3) is 5.91 Å². The largest absolute Gasteiger partial charge is 0.368 e. The summed E-state index contributed by atoms with van der Waals surface area (Å²) < 4.78 is 0.737. The summed E-state index contributed by atoms with van der Waals surface area (Å²) in [4.78, 5) is 29.2. The van der Waals surface area contributed by atoms with Crippen LogP contribution in [0.5, 0.6) is 0 Å². The molecule has 5 nitrogen and oxygen atoms in total. The molecule has 1 aliphatic rings. The Hall–Kier alpha value is -1.43. The van der Waals surface area contributed by atoms with E-state index in [1.165, 1.54) is 6.20 Å². The number of halogens is 1. The maximum Gasteiger partial charge on any atom is 0.256 e. The monoisotopic (exact) mass is 311 g/mol. The SMILES string of the molecule is NC(=O)C1CCCCN1C(=O)c1cncc(Br)c1. The third kappa shape index (κ3) is 2.69. The second-order valence-corrected chi connectivity index (χ2v) is 5.22. The molecule has 2 N–H and O–H groups in total. The second kappa shape index (κ2) is 5.48. The van der Waals surface area contributed by atoms with E-state index in [0.29, 0.717) is 18.5 Å². The van der Waals surface area contributed by atoms with Gasteiger partial charge < -0.3 is 10.6 Å². The minimum absolute atomic E-state index is 0.188. The highest BCUT2D eigenvalue weighted by atomic mass is 79.9.